The second-order valence-electron chi connectivity index (χ2n) is 5.30. The molecule has 0 saturated carbocycles. The molecule has 7 heteroatoms. The molecule has 1 N–H and O–H groups in total. The maximum atomic E-state index is 12.3. The third-order valence-electron chi connectivity index (χ3n) is 3.78. The lowest BCUT2D eigenvalue weighted by atomic mass is 10.2. The van der Waals surface area contributed by atoms with Gasteiger partial charge in [-0.1, -0.05) is 13.8 Å². The number of carbonyl (C=O) groups is 1. The Labute approximate surface area is 161 Å². The molecule has 2 rings (SSSR count). The fourth-order valence-corrected chi connectivity index (χ4v) is 3.60. The molecule has 1 aromatic heterocycles. The van der Waals surface area contributed by atoms with Crippen molar-refractivity contribution in [1.82, 2.24) is 4.90 Å². The van der Waals surface area contributed by atoms with Gasteiger partial charge in [-0.05, 0) is 53.3 Å². The van der Waals surface area contributed by atoms with E-state index in [-0.39, 0.29) is 5.91 Å². The number of nitrogens with one attached hydrogen (secondary N) is 1. The Hall–Kier alpha value is -1.57. The normalized spacial score (nSPS) is 10.8. The van der Waals surface area contributed by atoms with Gasteiger partial charge in [-0.2, -0.15) is 0 Å². The molecule has 2 aromatic rings. The number of nitrogens with zero attached hydrogens (tertiary/aromatic N) is 1. The Morgan fingerprint density at radius 3 is 2.56 bits per heavy atom. The van der Waals surface area contributed by atoms with Crippen LogP contribution in [0, 0.1) is 0 Å². The minimum absolute atomic E-state index is 0.144. The molecule has 0 saturated heterocycles. The fourth-order valence-electron chi connectivity index (χ4n) is 2.32. The van der Waals surface area contributed by atoms with Gasteiger partial charge in [0.15, 0.2) is 11.5 Å². The van der Waals surface area contributed by atoms with E-state index in [0.717, 1.165) is 23.4 Å². The first-order valence-electron chi connectivity index (χ1n) is 8.17. The minimum Gasteiger partial charge on any atom is -0.493 e. The molecular weight excluding hydrogens is 404 g/mol. The first-order chi connectivity index (χ1) is 12.1. The van der Waals surface area contributed by atoms with Crippen molar-refractivity contribution in [2.45, 2.75) is 13.8 Å². The van der Waals surface area contributed by atoms with E-state index in [1.54, 1.807) is 31.4 Å². The van der Waals surface area contributed by atoms with E-state index in [1.807, 2.05) is 6.07 Å². The van der Waals surface area contributed by atoms with E-state index in [0.29, 0.717) is 28.7 Å². The Kier molecular flexibility index (Phi) is 7.74. The van der Waals surface area contributed by atoms with Crippen LogP contribution in [0.4, 0.5) is 5.69 Å². The first kappa shape index (κ1) is 19.8. The maximum Gasteiger partial charge on any atom is 0.265 e. The fraction of sp³-hybridized carbons (Fsp3) is 0.389. The highest BCUT2D eigenvalue weighted by molar-refractivity contribution is 9.11. The van der Waals surface area contributed by atoms with Crippen LogP contribution in [0.1, 0.15) is 23.5 Å². The van der Waals surface area contributed by atoms with Crippen molar-refractivity contribution in [1.29, 1.82) is 0 Å². The monoisotopic (exact) mass is 426 g/mol. The Balaban J connectivity index is 2.04. The molecule has 0 atom stereocenters. The molecular formula is C18H23BrN2O3S. The topological polar surface area (TPSA) is 50.8 Å². The SMILES string of the molecule is CCN(CC)CCOc1cc(NC(=O)c2ccc(Br)s2)ccc1OC. The zero-order chi connectivity index (χ0) is 18.2. The summed E-state index contributed by atoms with van der Waals surface area (Å²) in [5.74, 6) is 1.13. The van der Waals surface area contributed by atoms with Gasteiger partial charge >= 0.3 is 0 Å². The van der Waals surface area contributed by atoms with Crippen LogP contribution in [0.15, 0.2) is 34.1 Å². The molecule has 5 nitrogen and oxygen atoms in total. The molecule has 25 heavy (non-hydrogen) atoms. The molecule has 0 bridgehead atoms. The summed E-state index contributed by atoms with van der Waals surface area (Å²) >= 11 is 4.76. The van der Waals surface area contributed by atoms with Gasteiger partial charge in [-0.3, -0.25) is 4.79 Å². The molecule has 0 aliphatic heterocycles. The third kappa shape index (κ3) is 5.73. The number of halogens is 1. The molecule has 0 aliphatic rings. The number of thiophene rings is 1. The molecule has 136 valence electrons. The molecule has 0 spiro atoms. The van der Waals surface area contributed by atoms with E-state index in [4.69, 9.17) is 9.47 Å². The number of methoxy groups -OCH3 is 1. The number of hydrogen-bond acceptors (Lipinski definition) is 5. The maximum absolute atomic E-state index is 12.3. The number of likely N-dealkylation sites (N-methyl/N-ethyl adjacent to an activating group) is 1. The van der Waals surface area contributed by atoms with Gasteiger partial charge in [-0.25, -0.2) is 0 Å². The number of benzene rings is 1. The highest BCUT2D eigenvalue weighted by Crippen LogP contribution is 2.31. The van der Waals surface area contributed by atoms with Crippen LogP contribution in [0.25, 0.3) is 0 Å². The predicted octanol–water partition coefficient (Wildman–Crippen LogP) is 4.49. The number of ether oxygens (including phenoxy) is 2. The van der Waals surface area contributed by atoms with Crippen LogP contribution in [0.5, 0.6) is 11.5 Å². The van der Waals surface area contributed by atoms with Gasteiger partial charge < -0.3 is 19.7 Å². The molecule has 0 unspecified atom stereocenters. The Bertz CT molecular complexity index is 701. The Morgan fingerprint density at radius 1 is 1.20 bits per heavy atom. The van der Waals surface area contributed by atoms with Crippen molar-refractivity contribution < 1.29 is 14.3 Å². The lowest BCUT2D eigenvalue weighted by molar-refractivity contribution is 0.103. The molecule has 1 aromatic carbocycles. The molecule has 0 fully saturated rings. The number of rotatable bonds is 9. The van der Waals surface area contributed by atoms with Crippen molar-refractivity contribution in [2.24, 2.45) is 0 Å². The summed E-state index contributed by atoms with van der Waals surface area (Å²) in [6.45, 7) is 7.64. The largest absolute Gasteiger partial charge is 0.493 e. The van der Waals surface area contributed by atoms with Crippen LogP contribution in [0.3, 0.4) is 0 Å². The van der Waals surface area contributed by atoms with Gasteiger partial charge in [0.1, 0.15) is 6.61 Å². The summed E-state index contributed by atoms with van der Waals surface area (Å²) < 4.78 is 12.1. The van der Waals surface area contributed by atoms with Gasteiger partial charge in [0, 0.05) is 18.3 Å². The van der Waals surface area contributed by atoms with E-state index in [9.17, 15) is 4.79 Å². The summed E-state index contributed by atoms with van der Waals surface area (Å²) in [5.41, 5.74) is 0.674. The summed E-state index contributed by atoms with van der Waals surface area (Å²) in [5, 5.41) is 2.89. The highest BCUT2D eigenvalue weighted by Gasteiger charge is 2.12. The van der Waals surface area contributed by atoms with E-state index in [2.05, 4.69) is 40.0 Å². The third-order valence-corrected chi connectivity index (χ3v) is 5.40. The Morgan fingerprint density at radius 2 is 1.96 bits per heavy atom. The summed E-state index contributed by atoms with van der Waals surface area (Å²) in [6.07, 6.45) is 0. The van der Waals surface area contributed by atoms with Crippen LogP contribution in [-0.2, 0) is 0 Å². The van der Waals surface area contributed by atoms with Crippen LogP contribution in [-0.4, -0.2) is 44.2 Å². The second-order valence-corrected chi connectivity index (χ2v) is 7.76. The van der Waals surface area contributed by atoms with Crippen molar-refractivity contribution in [3.05, 3.63) is 39.0 Å². The zero-order valence-electron chi connectivity index (χ0n) is 14.7. The predicted molar refractivity (Wildman–Crippen MR) is 106 cm³/mol. The molecule has 1 amide bonds. The lowest BCUT2D eigenvalue weighted by Crippen LogP contribution is -2.28. The second kappa shape index (κ2) is 9.79. The lowest BCUT2D eigenvalue weighted by Gasteiger charge is -2.19. The van der Waals surface area contributed by atoms with E-state index in [1.165, 1.54) is 11.3 Å². The molecule has 1 heterocycles. The zero-order valence-corrected chi connectivity index (χ0v) is 17.1. The quantitative estimate of drug-likeness (QED) is 0.641. The number of amides is 1. The van der Waals surface area contributed by atoms with Crippen LogP contribution in [0.2, 0.25) is 0 Å². The van der Waals surface area contributed by atoms with Gasteiger partial charge in [0.2, 0.25) is 0 Å². The smallest absolute Gasteiger partial charge is 0.265 e. The van der Waals surface area contributed by atoms with Gasteiger partial charge in [0.25, 0.3) is 5.91 Å². The van der Waals surface area contributed by atoms with Gasteiger partial charge in [0.05, 0.1) is 15.8 Å². The minimum atomic E-state index is -0.144. The van der Waals surface area contributed by atoms with Gasteiger partial charge in [-0.15, -0.1) is 11.3 Å². The average molecular weight is 427 g/mol. The highest BCUT2D eigenvalue weighted by atomic mass is 79.9. The number of anilines is 1. The molecule has 0 aliphatic carbocycles. The molecule has 0 radical (unpaired) electrons. The van der Waals surface area contributed by atoms with Crippen molar-refractivity contribution in [3.63, 3.8) is 0 Å². The van der Waals surface area contributed by atoms with Crippen LogP contribution < -0.4 is 14.8 Å². The summed E-state index contributed by atoms with van der Waals surface area (Å²) in [7, 11) is 1.61. The van der Waals surface area contributed by atoms with Crippen LogP contribution >= 0.6 is 27.3 Å². The van der Waals surface area contributed by atoms with Crippen molar-refractivity contribution in [3.8, 4) is 11.5 Å². The van der Waals surface area contributed by atoms with Crippen molar-refractivity contribution >= 4 is 38.9 Å². The average Bonchev–Trinajstić information content (AvgIpc) is 3.05. The standard InChI is InChI=1S/C18H23BrN2O3S/c1-4-21(5-2)10-11-24-15-12-13(6-7-14(15)23-3)20-18(22)16-8-9-17(19)25-16/h6-9,12H,4-5,10-11H2,1-3H3,(H,20,22). The van der Waals surface area contributed by atoms with Crippen molar-refractivity contribution in [2.75, 3.05) is 38.7 Å². The van der Waals surface area contributed by atoms with E-state index >= 15 is 0 Å². The first-order valence-corrected chi connectivity index (χ1v) is 9.78. The number of carbonyl (C=O) groups excluding carboxylic acids is 1. The summed E-state index contributed by atoms with van der Waals surface area (Å²) in [6, 6.07) is 9.04. The number of hydrogen-bond donors (Lipinski definition) is 1. The summed E-state index contributed by atoms with van der Waals surface area (Å²) in [4.78, 5) is 15.2. The van der Waals surface area contributed by atoms with E-state index < -0.39 is 0 Å².